The normalized spacial score (nSPS) is 15.7. The number of nitrogens with one attached hydrogen (secondary N) is 2. The van der Waals surface area contributed by atoms with Crippen molar-refractivity contribution in [1.82, 2.24) is 5.32 Å². The maximum atomic E-state index is 13.2. The van der Waals surface area contributed by atoms with Crippen LogP contribution in [0.15, 0.2) is 42.5 Å². The number of halogens is 2. The molecular weight excluding hydrogens is 391 g/mol. The van der Waals surface area contributed by atoms with E-state index in [4.69, 9.17) is 11.6 Å². The second-order valence-corrected chi connectivity index (χ2v) is 9.05. The van der Waals surface area contributed by atoms with Gasteiger partial charge in [-0.25, -0.2) is 12.8 Å². The average molecular weight is 411 g/mol. The summed E-state index contributed by atoms with van der Waals surface area (Å²) in [6.45, 7) is 0.426. The fraction of sp³-hybridized carbons (Fsp3) is 0.316. The lowest BCUT2D eigenvalue weighted by molar-refractivity contribution is 0.0928. The van der Waals surface area contributed by atoms with Crippen LogP contribution >= 0.6 is 11.6 Å². The lowest BCUT2D eigenvalue weighted by Gasteiger charge is -2.42. The zero-order chi connectivity index (χ0) is 19.7. The zero-order valence-electron chi connectivity index (χ0n) is 14.8. The first-order valence-corrected chi connectivity index (χ1v) is 10.8. The highest BCUT2D eigenvalue weighted by Crippen LogP contribution is 2.43. The third-order valence-electron chi connectivity index (χ3n) is 4.88. The number of anilines is 1. The summed E-state index contributed by atoms with van der Waals surface area (Å²) in [6.07, 6.45) is 3.90. The van der Waals surface area contributed by atoms with Gasteiger partial charge in [-0.3, -0.25) is 9.52 Å². The van der Waals surface area contributed by atoms with Crippen LogP contribution in [0.5, 0.6) is 0 Å². The molecule has 0 radical (unpaired) electrons. The summed E-state index contributed by atoms with van der Waals surface area (Å²) in [4.78, 5) is 12.6. The second-order valence-electron chi connectivity index (χ2n) is 6.89. The maximum Gasteiger partial charge on any atom is 0.251 e. The maximum absolute atomic E-state index is 13.2. The molecule has 2 aromatic rings. The number of benzene rings is 2. The van der Waals surface area contributed by atoms with E-state index in [1.807, 2.05) is 0 Å². The molecule has 0 spiro atoms. The molecular formula is C19H20ClFN2O3S. The minimum absolute atomic E-state index is 0.156. The van der Waals surface area contributed by atoms with Crippen LogP contribution in [-0.4, -0.2) is 27.1 Å². The first-order chi connectivity index (χ1) is 12.7. The minimum atomic E-state index is -3.51. The third-order valence-corrected chi connectivity index (χ3v) is 5.80. The third kappa shape index (κ3) is 4.59. The van der Waals surface area contributed by atoms with E-state index in [-0.39, 0.29) is 27.8 Å². The Morgan fingerprint density at radius 1 is 1.19 bits per heavy atom. The van der Waals surface area contributed by atoms with Gasteiger partial charge in [0, 0.05) is 17.5 Å². The van der Waals surface area contributed by atoms with Gasteiger partial charge in [-0.2, -0.15) is 0 Å². The van der Waals surface area contributed by atoms with Gasteiger partial charge in [0.1, 0.15) is 5.82 Å². The van der Waals surface area contributed by atoms with E-state index in [9.17, 15) is 17.6 Å². The summed E-state index contributed by atoms with van der Waals surface area (Å²) in [7, 11) is -3.51. The Morgan fingerprint density at radius 3 is 2.41 bits per heavy atom. The molecule has 2 N–H and O–H groups in total. The van der Waals surface area contributed by atoms with Crippen molar-refractivity contribution in [2.75, 3.05) is 17.5 Å². The Hall–Kier alpha value is -2.12. The quantitative estimate of drug-likeness (QED) is 0.762. The van der Waals surface area contributed by atoms with E-state index < -0.39 is 10.0 Å². The van der Waals surface area contributed by atoms with Crippen LogP contribution in [0.25, 0.3) is 0 Å². The van der Waals surface area contributed by atoms with Gasteiger partial charge in [-0.1, -0.05) is 30.2 Å². The summed E-state index contributed by atoms with van der Waals surface area (Å²) < 4.78 is 38.3. The SMILES string of the molecule is CS(=O)(=O)Nc1cc(C(=O)NCC2(c3ccc(F)cc3)CCC2)ccc1Cl. The predicted octanol–water partition coefficient (Wildman–Crippen LogP) is 3.70. The number of hydrogen-bond donors (Lipinski definition) is 2. The van der Waals surface area contributed by atoms with Crippen molar-refractivity contribution < 1.29 is 17.6 Å². The van der Waals surface area contributed by atoms with Crippen molar-refractivity contribution in [2.24, 2.45) is 0 Å². The predicted molar refractivity (Wildman–Crippen MR) is 104 cm³/mol. The van der Waals surface area contributed by atoms with Crippen LogP contribution in [0.1, 0.15) is 35.2 Å². The molecule has 0 atom stereocenters. The molecule has 0 bridgehead atoms. The molecule has 1 aliphatic carbocycles. The molecule has 0 aliphatic heterocycles. The number of amides is 1. The molecule has 1 saturated carbocycles. The van der Waals surface area contributed by atoms with Gasteiger partial charge < -0.3 is 5.32 Å². The first kappa shape index (κ1) is 19.6. The lowest BCUT2D eigenvalue weighted by atomic mass is 9.64. The molecule has 0 saturated heterocycles. The van der Waals surface area contributed by atoms with Crippen LogP contribution < -0.4 is 10.0 Å². The topological polar surface area (TPSA) is 75.3 Å². The Balaban J connectivity index is 1.73. The number of rotatable bonds is 6. The van der Waals surface area contributed by atoms with Crippen molar-refractivity contribution in [3.05, 3.63) is 64.4 Å². The standard InChI is InChI=1S/C19H20ClFN2O3S/c1-27(25,26)23-17-11-13(3-8-16(17)20)18(24)22-12-19(9-2-10-19)14-4-6-15(21)7-5-14/h3-8,11,23H,2,9-10,12H2,1H3,(H,22,24). The van der Waals surface area contributed by atoms with E-state index in [0.717, 1.165) is 31.1 Å². The molecule has 0 aromatic heterocycles. The van der Waals surface area contributed by atoms with E-state index >= 15 is 0 Å². The number of sulfonamides is 1. The Morgan fingerprint density at radius 2 is 1.85 bits per heavy atom. The van der Waals surface area contributed by atoms with Crippen molar-refractivity contribution in [3.63, 3.8) is 0 Å². The van der Waals surface area contributed by atoms with Crippen molar-refractivity contribution in [3.8, 4) is 0 Å². The van der Waals surface area contributed by atoms with Crippen molar-refractivity contribution >= 4 is 33.2 Å². The molecule has 1 amide bonds. The van der Waals surface area contributed by atoms with Crippen molar-refractivity contribution in [1.29, 1.82) is 0 Å². The molecule has 0 heterocycles. The summed E-state index contributed by atoms with van der Waals surface area (Å²) in [5.41, 5.74) is 1.28. The number of hydrogen-bond acceptors (Lipinski definition) is 3. The molecule has 27 heavy (non-hydrogen) atoms. The largest absolute Gasteiger partial charge is 0.351 e. The van der Waals surface area contributed by atoms with Crippen LogP contribution in [0, 0.1) is 5.82 Å². The zero-order valence-corrected chi connectivity index (χ0v) is 16.3. The van der Waals surface area contributed by atoms with Gasteiger partial charge in [0.05, 0.1) is 17.0 Å². The van der Waals surface area contributed by atoms with Gasteiger partial charge in [0.25, 0.3) is 5.91 Å². The molecule has 3 rings (SSSR count). The van der Waals surface area contributed by atoms with Crippen LogP contribution in [0.2, 0.25) is 5.02 Å². The van der Waals surface area contributed by atoms with Crippen LogP contribution in [-0.2, 0) is 15.4 Å². The summed E-state index contributed by atoms with van der Waals surface area (Å²) in [5, 5.41) is 3.12. The van der Waals surface area contributed by atoms with E-state index in [2.05, 4.69) is 10.0 Å². The van der Waals surface area contributed by atoms with E-state index in [0.29, 0.717) is 12.1 Å². The molecule has 0 unspecified atom stereocenters. The van der Waals surface area contributed by atoms with Gasteiger partial charge in [-0.05, 0) is 48.7 Å². The molecule has 1 fully saturated rings. The monoisotopic (exact) mass is 410 g/mol. The van der Waals surface area contributed by atoms with Gasteiger partial charge >= 0.3 is 0 Å². The first-order valence-electron chi connectivity index (χ1n) is 8.50. The smallest absolute Gasteiger partial charge is 0.251 e. The van der Waals surface area contributed by atoms with Gasteiger partial charge in [-0.15, -0.1) is 0 Å². The molecule has 144 valence electrons. The van der Waals surface area contributed by atoms with Gasteiger partial charge in [0.2, 0.25) is 10.0 Å². The van der Waals surface area contributed by atoms with E-state index in [1.165, 1.54) is 30.3 Å². The lowest BCUT2D eigenvalue weighted by Crippen LogP contribution is -2.45. The summed E-state index contributed by atoms with van der Waals surface area (Å²) in [5.74, 6) is -0.610. The molecule has 1 aliphatic rings. The average Bonchev–Trinajstić information content (AvgIpc) is 2.56. The summed E-state index contributed by atoms with van der Waals surface area (Å²) >= 11 is 5.99. The van der Waals surface area contributed by atoms with Gasteiger partial charge in [0.15, 0.2) is 0 Å². The fourth-order valence-corrected chi connectivity index (χ4v) is 4.06. The fourth-order valence-electron chi connectivity index (χ4n) is 3.27. The highest BCUT2D eigenvalue weighted by atomic mass is 35.5. The Kier molecular flexibility index (Phi) is 5.44. The molecule has 8 heteroatoms. The molecule has 5 nitrogen and oxygen atoms in total. The number of carbonyl (C=O) groups is 1. The number of carbonyl (C=O) groups excluding carboxylic acids is 1. The second kappa shape index (κ2) is 7.48. The van der Waals surface area contributed by atoms with Crippen LogP contribution in [0.4, 0.5) is 10.1 Å². The highest BCUT2D eigenvalue weighted by Gasteiger charge is 2.38. The van der Waals surface area contributed by atoms with E-state index in [1.54, 1.807) is 12.1 Å². The summed E-state index contributed by atoms with van der Waals surface area (Å²) in [6, 6.07) is 10.8. The highest BCUT2D eigenvalue weighted by molar-refractivity contribution is 7.92. The Labute approximate surface area is 163 Å². The minimum Gasteiger partial charge on any atom is -0.351 e. The van der Waals surface area contributed by atoms with Crippen LogP contribution in [0.3, 0.4) is 0 Å². The Bertz CT molecular complexity index is 957. The molecule has 2 aromatic carbocycles. The van der Waals surface area contributed by atoms with Crippen molar-refractivity contribution in [2.45, 2.75) is 24.7 Å².